The average molecular weight is 214 g/mol. The molecule has 1 aliphatic heterocycles. The Morgan fingerprint density at radius 2 is 2.33 bits per heavy atom. The Morgan fingerprint density at radius 1 is 1.67 bits per heavy atom. The highest BCUT2D eigenvalue weighted by Gasteiger charge is 2.36. The molecule has 2 unspecified atom stereocenters. The maximum atomic E-state index is 11.5. The van der Waals surface area contributed by atoms with Gasteiger partial charge in [-0.1, -0.05) is 6.92 Å². The molecular formula is C11H22N2O2. The second-order valence-electron chi connectivity index (χ2n) is 4.66. The Kier molecular flexibility index (Phi) is 4.11. The van der Waals surface area contributed by atoms with Crippen LogP contribution >= 0.6 is 0 Å². The molecule has 0 aliphatic carbocycles. The minimum absolute atomic E-state index is 0.126. The molecule has 0 aromatic rings. The van der Waals surface area contributed by atoms with Crippen molar-refractivity contribution in [3.05, 3.63) is 0 Å². The fourth-order valence-electron chi connectivity index (χ4n) is 1.97. The summed E-state index contributed by atoms with van der Waals surface area (Å²) in [7, 11) is 0. The van der Waals surface area contributed by atoms with Gasteiger partial charge in [-0.15, -0.1) is 0 Å². The van der Waals surface area contributed by atoms with E-state index in [0.29, 0.717) is 13.2 Å². The summed E-state index contributed by atoms with van der Waals surface area (Å²) in [6.45, 7) is 8.87. The first-order chi connectivity index (χ1) is 7.02. The van der Waals surface area contributed by atoms with Gasteiger partial charge in [-0.2, -0.15) is 0 Å². The van der Waals surface area contributed by atoms with Gasteiger partial charge in [-0.25, -0.2) is 0 Å². The first-order valence-corrected chi connectivity index (χ1v) is 5.63. The van der Waals surface area contributed by atoms with Crippen molar-refractivity contribution in [2.24, 2.45) is 11.1 Å². The van der Waals surface area contributed by atoms with Gasteiger partial charge in [0.15, 0.2) is 0 Å². The second-order valence-corrected chi connectivity index (χ2v) is 4.66. The van der Waals surface area contributed by atoms with Crippen LogP contribution in [0.3, 0.4) is 0 Å². The van der Waals surface area contributed by atoms with Crippen LogP contribution in [0.25, 0.3) is 0 Å². The molecule has 1 heterocycles. The van der Waals surface area contributed by atoms with Crippen molar-refractivity contribution in [1.82, 2.24) is 4.90 Å². The third-order valence-corrected chi connectivity index (χ3v) is 3.26. The van der Waals surface area contributed by atoms with E-state index in [2.05, 4.69) is 11.8 Å². The first kappa shape index (κ1) is 12.5. The maximum Gasteiger partial charge on any atom is 0.323 e. The predicted octanol–water partition coefficient (Wildman–Crippen LogP) is 0.609. The minimum atomic E-state index is -0.140. The third kappa shape index (κ3) is 2.92. The molecule has 1 fully saturated rings. The van der Waals surface area contributed by atoms with Gasteiger partial charge in [-0.3, -0.25) is 9.69 Å². The summed E-state index contributed by atoms with van der Waals surface area (Å²) in [4.78, 5) is 13.7. The van der Waals surface area contributed by atoms with Gasteiger partial charge in [0.05, 0.1) is 6.61 Å². The molecule has 0 spiro atoms. The summed E-state index contributed by atoms with van der Waals surface area (Å²) in [6, 6.07) is -0.140. The molecule has 0 radical (unpaired) electrons. The lowest BCUT2D eigenvalue weighted by Crippen LogP contribution is -2.40. The summed E-state index contributed by atoms with van der Waals surface area (Å²) in [5.41, 5.74) is 5.89. The summed E-state index contributed by atoms with van der Waals surface area (Å²) >= 11 is 0. The van der Waals surface area contributed by atoms with E-state index in [4.69, 9.17) is 10.5 Å². The molecule has 2 N–H and O–H groups in total. The van der Waals surface area contributed by atoms with Gasteiger partial charge in [-0.05, 0) is 38.8 Å². The Hall–Kier alpha value is -0.610. The van der Waals surface area contributed by atoms with Crippen LogP contribution in [0.5, 0.6) is 0 Å². The van der Waals surface area contributed by atoms with Crippen molar-refractivity contribution in [2.75, 3.05) is 26.2 Å². The van der Waals surface area contributed by atoms with Crippen molar-refractivity contribution in [3.8, 4) is 0 Å². The maximum absolute atomic E-state index is 11.5. The lowest BCUT2D eigenvalue weighted by molar-refractivity contribution is -0.148. The fraction of sp³-hybridized carbons (Fsp3) is 0.909. The number of hydrogen-bond donors (Lipinski definition) is 1. The van der Waals surface area contributed by atoms with Crippen LogP contribution in [-0.4, -0.2) is 43.2 Å². The number of carbonyl (C=O) groups is 1. The Balaban J connectivity index is 2.49. The fourth-order valence-corrected chi connectivity index (χ4v) is 1.97. The monoisotopic (exact) mass is 214 g/mol. The number of hydrogen-bond acceptors (Lipinski definition) is 4. The smallest absolute Gasteiger partial charge is 0.323 e. The second kappa shape index (κ2) is 4.94. The van der Waals surface area contributed by atoms with E-state index in [9.17, 15) is 4.79 Å². The Morgan fingerprint density at radius 3 is 2.80 bits per heavy atom. The zero-order chi connectivity index (χ0) is 11.5. The van der Waals surface area contributed by atoms with E-state index in [1.807, 2.05) is 13.8 Å². The highest BCUT2D eigenvalue weighted by atomic mass is 16.5. The number of esters is 1. The summed E-state index contributed by atoms with van der Waals surface area (Å²) < 4.78 is 5.01. The number of nitrogens with zero attached hydrogens (tertiary/aromatic N) is 1. The molecule has 0 amide bonds. The van der Waals surface area contributed by atoms with Crippen molar-refractivity contribution in [1.29, 1.82) is 0 Å². The van der Waals surface area contributed by atoms with Crippen LogP contribution in [0, 0.1) is 5.41 Å². The molecule has 1 aliphatic rings. The first-order valence-electron chi connectivity index (χ1n) is 5.63. The van der Waals surface area contributed by atoms with Gasteiger partial charge in [0.25, 0.3) is 0 Å². The summed E-state index contributed by atoms with van der Waals surface area (Å²) in [5, 5.41) is 0. The van der Waals surface area contributed by atoms with Gasteiger partial charge in [0.2, 0.25) is 0 Å². The minimum Gasteiger partial charge on any atom is -0.465 e. The normalized spacial score (nSPS) is 29.1. The lowest BCUT2D eigenvalue weighted by atomic mass is 9.90. The van der Waals surface area contributed by atoms with Crippen molar-refractivity contribution in [3.63, 3.8) is 0 Å². The van der Waals surface area contributed by atoms with Gasteiger partial charge < -0.3 is 10.5 Å². The summed E-state index contributed by atoms with van der Waals surface area (Å²) in [5.74, 6) is -0.126. The quantitative estimate of drug-likeness (QED) is 0.697. The van der Waals surface area contributed by atoms with Crippen LogP contribution < -0.4 is 5.73 Å². The average Bonchev–Trinajstić information content (AvgIpc) is 2.61. The van der Waals surface area contributed by atoms with E-state index in [0.717, 1.165) is 19.5 Å². The lowest BCUT2D eigenvalue weighted by Gasteiger charge is -2.25. The third-order valence-electron chi connectivity index (χ3n) is 3.26. The Labute approximate surface area is 91.8 Å². The number of nitrogens with two attached hydrogens (primary N) is 1. The molecule has 0 saturated carbocycles. The van der Waals surface area contributed by atoms with E-state index >= 15 is 0 Å². The van der Waals surface area contributed by atoms with Crippen LogP contribution in [0.4, 0.5) is 0 Å². The highest BCUT2D eigenvalue weighted by Crippen LogP contribution is 2.29. The molecule has 0 bridgehead atoms. The highest BCUT2D eigenvalue weighted by molar-refractivity contribution is 5.75. The molecule has 4 heteroatoms. The molecule has 15 heavy (non-hydrogen) atoms. The van der Waals surface area contributed by atoms with Crippen molar-refractivity contribution >= 4 is 5.97 Å². The SMILES string of the molecule is CCOC(=O)C(C)N1CCC(C)(CN)C1. The van der Waals surface area contributed by atoms with E-state index in [1.54, 1.807) is 0 Å². The van der Waals surface area contributed by atoms with Crippen molar-refractivity contribution < 1.29 is 9.53 Å². The molecule has 1 saturated heterocycles. The van der Waals surface area contributed by atoms with Crippen molar-refractivity contribution in [2.45, 2.75) is 33.2 Å². The number of ether oxygens (including phenoxy) is 1. The van der Waals surface area contributed by atoms with Crippen LogP contribution in [0.1, 0.15) is 27.2 Å². The van der Waals surface area contributed by atoms with Crippen LogP contribution in [-0.2, 0) is 9.53 Å². The van der Waals surface area contributed by atoms with Gasteiger partial charge in [0, 0.05) is 6.54 Å². The predicted molar refractivity (Wildman–Crippen MR) is 59.4 cm³/mol. The van der Waals surface area contributed by atoms with E-state index < -0.39 is 0 Å². The van der Waals surface area contributed by atoms with E-state index in [-0.39, 0.29) is 17.4 Å². The molecule has 0 aromatic heterocycles. The number of likely N-dealkylation sites (tertiary alicyclic amines) is 1. The number of rotatable bonds is 4. The standard InChI is InChI=1S/C11H22N2O2/c1-4-15-10(14)9(2)13-6-5-11(3,7-12)8-13/h9H,4-8,12H2,1-3H3. The van der Waals surface area contributed by atoms with Gasteiger partial charge in [0.1, 0.15) is 6.04 Å². The number of carbonyl (C=O) groups excluding carboxylic acids is 1. The molecule has 2 atom stereocenters. The molecule has 0 aromatic carbocycles. The van der Waals surface area contributed by atoms with E-state index in [1.165, 1.54) is 0 Å². The zero-order valence-electron chi connectivity index (χ0n) is 9.95. The molecular weight excluding hydrogens is 192 g/mol. The Bertz CT molecular complexity index is 233. The van der Waals surface area contributed by atoms with Gasteiger partial charge >= 0.3 is 5.97 Å². The molecule has 1 rings (SSSR count). The molecule has 88 valence electrons. The summed E-state index contributed by atoms with van der Waals surface area (Å²) in [6.07, 6.45) is 1.06. The topological polar surface area (TPSA) is 55.6 Å². The van der Waals surface area contributed by atoms with Crippen LogP contribution in [0.15, 0.2) is 0 Å². The largest absolute Gasteiger partial charge is 0.465 e. The van der Waals surface area contributed by atoms with Crippen LogP contribution in [0.2, 0.25) is 0 Å². The zero-order valence-corrected chi connectivity index (χ0v) is 9.95. The molecule has 4 nitrogen and oxygen atoms in total.